The third kappa shape index (κ3) is 2.26. The number of nitrogens with zero attached hydrogens (tertiary/aromatic N) is 2. The van der Waals surface area contributed by atoms with Gasteiger partial charge in [0.05, 0.1) is 12.7 Å². The van der Waals surface area contributed by atoms with E-state index < -0.39 is 11.9 Å². The zero-order valence-electron chi connectivity index (χ0n) is 9.35. The molecule has 0 amide bonds. The highest BCUT2D eigenvalue weighted by atomic mass is 19.1. The van der Waals surface area contributed by atoms with Crippen LogP contribution in [0.4, 0.5) is 4.39 Å². The lowest BCUT2D eigenvalue weighted by Crippen LogP contribution is -1.89. The Bertz CT molecular complexity index is 525. The zero-order valence-corrected chi connectivity index (χ0v) is 9.35. The number of halogens is 1. The predicted molar refractivity (Wildman–Crippen MR) is 56.9 cm³/mol. The van der Waals surface area contributed by atoms with E-state index in [-0.39, 0.29) is 11.8 Å². The molecule has 0 saturated heterocycles. The maximum absolute atomic E-state index is 13.1. The first-order valence-corrected chi connectivity index (χ1v) is 4.97. The monoisotopic (exact) mass is 238 g/mol. The highest BCUT2D eigenvalue weighted by Crippen LogP contribution is 2.30. The molecule has 2 aromatic rings. The molecule has 1 aromatic carbocycles. The van der Waals surface area contributed by atoms with E-state index in [2.05, 4.69) is 10.2 Å². The number of aromatic nitrogens is 2. The number of methoxy groups -OCH3 is 1. The van der Waals surface area contributed by atoms with Crippen LogP contribution in [0.5, 0.6) is 5.75 Å². The van der Waals surface area contributed by atoms with Gasteiger partial charge >= 0.3 is 0 Å². The number of benzene rings is 1. The second-order valence-electron chi connectivity index (χ2n) is 3.47. The van der Waals surface area contributed by atoms with Gasteiger partial charge in [0, 0.05) is 0 Å². The van der Waals surface area contributed by atoms with Crippen LogP contribution in [0.15, 0.2) is 22.6 Å². The number of hydrogen-bond donors (Lipinski definition) is 1. The summed E-state index contributed by atoms with van der Waals surface area (Å²) in [5, 5.41) is 16.7. The van der Waals surface area contributed by atoms with Gasteiger partial charge in [-0.1, -0.05) is 0 Å². The van der Waals surface area contributed by atoms with E-state index in [4.69, 9.17) is 9.15 Å². The molecule has 0 saturated carbocycles. The summed E-state index contributed by atoms with van der Waals surface area (Å²) in [5.41, 5.74) is 0.354. The largest absolute Gasteiger partial charge is 0.496 e. The first-order chi connectivity index (χ1) is 8.11. The van der Waals surface area contributed by atoms with Gasteiger partial charge in [-0.05, 0) is 25.1 Å². The fourth-order valence-electron chi connectivity index (χ4n) is 1.36. The minimum absolute atomic E-state index is 0.0753. The molecule has 0 spiro atoms. The number of hydrogen-bond acceptors (Lipinski definition) is 5. The summed E-state index contributed by atoms with van der Waals surface area (Å²) in [5.74, 6) is 0.174. The van der Waals surface area contributed by atoms with Gasteiger partial charge in [-0.15, -0.1) is 10.2 Å². The number of aliphatic hydroxyl groups is 1. The summed E-state index contributed by atoms with van der Waals surface area (Å²) in [6.45, 7) is 1.50. The van der Waals surface area contributed by atoms with Gasteiger partial charge in [0.1, 0.15) is 17.7 Å². The molecule has 1 atom stereocenters. The second kappa shape index (κ2) is 4.50. The van der Waals surface area contributed by atoms with Crippen LogP contribution in [-0.4, -0.2) is 22.4 Å². The van der Waals surface area contributed by atoms with Gasteiger partial charge in [0.15, 0.2) is 0 Å². The predicted octanol–water partition coefficient (Wildman–Crippen LogP) is 1.94. The molecule has 0 radical (unpaired) electrons. The van der Waals surface area contributed by atoms with Crippen molar-refractivity contribution >= 4 is 0 Å². The summed E-state index contributed by atoms with van der Waals surface area (Å²) in [6, 6.07) is 3.98. The molecule has 0 aliphatic heterocycles. The maximum atomic E-state index is 13.1. The van der Waals surface area contributed by atoms with Crippen LogP contribution in [0.2, 0.25) is 0 Å². The molecule has 0 aliphatic rings. The molecular formula is C11H11FN2O3. The second-order valence-corrected chi connectivity index (χ2v) is 3.47. The summed E-state index contributed by atoms with van der Waals surface area (Å²) >= 11 is 0. The van der Waals surface area contributed by atoms with Crippen LogP contribution >= 0.6 is 0 Å². The number of aliphatic hydroxyl groups excluding tert-OH is 1. The summed E-state index contributed by atoms with van der Waals surface area (Å²) in [4.78, 5) is 0. The van der Waals surface area contributed by atoms with E-state index in [1.807, 2.05) is 0 Å². The number of ether oxygens (including phenoxy) is 1. The topological polar surface area (TPSA) is 68.4 Å². The molecule has 6 heteroatoms. The van der Waals surface area contributed by atoms with Crippen LogP contribution < -0.4 is 4.74 Å². The fraction of sp³-hybridized carbons (Fsp3) is 0.273. The Morgan fingerprint density at radius 3 is 2.76 bits per heavy atom. The van der Waals surface area contributed by atoms with E-state index in [1.165, 1.54) is 32.2 Å². The summed E-state index contributed by atoms with van der Waals surface area (Å²) in [6.07, 6.45) is -0.865. The van der Waals surface area contributed by atoms with E-state index in [1.54, 1.807) is 0 Å². The average molecular weight is 238 g/mol. The van der Waals surface area contributed by atoms with Crippen molar-refractivity contribution < 1.29 is 18.7 Å². The average Bonchev–Trinajstić information content (AvgIpc) is 2.78. The molecule has 2 rings (SSSR count). The van der Waals surface area contributed by atoms with E-state index in [0.717, 1.165) is 0 Å². The SMILES string of the molecule is COc1ccc(F)cc1-c1nnc(C(C)O)o1. The lowest BCUT2D eigenvalue weighted by molar-refractivity contribution is 0.163. The van der Waals surface area contributed by atoms with E-state index >= 15 is 0 Å². The first-order valence-electron chi connectivity index (χ1n) is 4.97. The molecule has 17 heavy (non-hydrogen) atoms. The quantitative estimate of drug-likeness (QED) is 0.884. The normalized spacial score (nSPS) is 12.5. The van der Waals surface area contributed by atoms with Crippen LogP contribution in [0.1, 0.15) is 18.9 Å². The third-order valence-electron chi connectivity index (χ3n) is 2.19. The summed E-state index contributed by atoms with van der Waals surface area (Å²) < 4.78 is 23.4. The smallest absolute Gasteiger partial charge is 0.251 e. The van der Waals surface area contributed by atoms with Gasteiger partial charge in [-0.3, -0.25) is 0 Å². The maximum Gasteiger partial charge on any atom is 0.251 e. The van der Waals surface area contributed by atoms with Gasteiger partial charge in [0.2, 0.25) is 5.89 Å². The van der Waals surface area contributed by atoms with Crippen LogP contribution in [0.25, 0.3) is 11.5 Å². The Hall–Kier alpha value is -1.95. The lowest BCUT2D eigenvalue weighted by Gasteiger charge is -2.04. The van der Waals surface area contributed by atoms with E-state index in [0.29, 0.717) is 11.3 Å². The fourth-order valence-corrected chi connectivity index (χ4v) is 1.36. The van der Waals surface area contributed by atoms with Crippen molar-refractivity contribution in [1.82, 2.24) is 10.2 Å². The van der Waals surface area contributed by atoms with E-state index in [9.17, 15) is 9.50 Å². The Balaban J connectivity index is 2.47. The van der Waals surface area contributed by atoms with Gasteiger partial charge in [-0.2, -0.15) is 0 Å². The summed E-state index contributed by atoms with van der Waals surface area (Å²) in [7, 11) is 1.46. The van der Waals surface area contributed by atoms with Crippen LogP contribution in [0.3, 0.4) is 0 Å². The Labute approximate surface area is 96.9 Å². The van der Waals surface area contributed by atoms with Gasteiger partial charge in [-0.25, -0.2) is 4.39 Å². The highest BCUT2D eigenvalue weighted by molar-refractivity contribution is 5.62. The molecule has 90 valence electrons. The Kier molecular flexibility index (Phi) is 3.06. The molecule has 0 bridgehead atoms. The van der Waals surface area contributed by atoms with Crippen molar-refractivity contribution in [2.75, 3.05) is 7.11 Å². The highest BCUT2D eigenvalue weighted by Gasteiger charge is 2.16. The molecule has 1 heterocycles. The minimum Gasteiger partial charge on any atom is -0.496 e. The molecular weight excluding hydrogens is 227 g/mol. The lowest BCUT2D eigenvalue weighted by atomic mass is 10.2. The molecule has 1 aromatic heterocycles. The van der Waals surface area contributed by atoms with Gasteiger partial charge < -0.3 is 14.3 Å². The molecule has 1 unspecified atom stereocenters. The third-order valence-corrected chi connectivity index (χ3v) is 2.19. The van der Waals surface area contributed by atoms with Crippen molar-refractivity contribution in [3.63, 3.8) is 0 Å². The van der Waals surface area contributed by atoms with Crippen molar-refractivity contribution in [3.8, 4) is 17.2 Å². The minimum atomic E-state index is -0.865. The standard InChI is InChI=1S/C11H11FN2O3/c1-6(15)10-13-14-11(17-10)8-5-7(12)3-4-9(8)16-2/h3-6,15H,1-2H3. The molecule has 5 nitrogen and oxygen atoms in total. The molecule has 0 aliphatic carbocycles. The van der Waals surface area contributed by atoms with Crippen molar-refractivity contribution in [1.29, 1.82) is 0 Å². The first kappa shape index (κ1) is 11.5. The van der Waals surface area contributed by atoms with Crippen molar-refractivity contribution in [3.05, 3.63) is 29.9 Å². The zero-order chi connectivity index (χ0) is 12.4. The molecule has 0 fully saturated rings. The van der Waals surface area contributed by atoms with Crippen LogP contribution in [-0.2, 0) is 0 Å². The Morgan fingerprint density at radius 2 is 2.18 bits per heavy atom. The van der Waals surface area contributed by atoms with Gasteiger partial charge in [0.25, 0.3) is 5.89 Å². The number of rotatable bonds is 3. The molecule has 1 N–H and O–H groups in total. The Morgan fingerprint density at radius 1 is 1.41 bits per heavy atom. The van der Waals surface area contributed by atoms with Crippen molar-refractivity contribution in [2.24, 2.45) is 0 Å². The van der Waals surface area contributed by atoms with Crippen LogP contribution in [0, 0.1) is 5.82 Å². The van der Waals surface area contributed by atoms with Crippen molar-refractivity contribution in [2.45, 2.75) is 13.0 Å².